The first-order chi connectivity index (χ1) is 43.7. The third-order valence-electron chi connectivity index (χ3n) is 17.1. The molecule has 0 aliphatic rings. The lowest BCUT2D eigenvalue weighted by Crippen LogP contribution is -2.10. The van der Waals surface area contributed by atoms with E-state index in [4.69, 9.17) is 9.97 Å². The molecule has 17 aromatic rings. The molecule has 414 valence electrons. The number of para-hydroxylation sites is 9. The quantitative estimate of drug-likeness (QED) is 0.122. The van der Waals surface area contributed by atoms with E-state index in [1.807, 2.05) is 0 Å². The minimum absolute atomic E-state index is 0.565. The van der Waals surface area contributed by atoms with Crippen molar-refractivity contribution in [3.63, 3.8) is 0 Å². The second kappa shape index (κ2) is 21.0. The molecular formula is C80H54N8. The van der Waals surface area contributed by atoms with Crippen LogP contribution in [0.25, 0.3) is 93.8 Å². The molecule has 0 bridgehead atoms. The number of rotatable bonds is 12. The number of nitrogens with zero attached hydrogens (tertiary/aromatic N) is 8. The fourth-order valence-electron chi connectivity index (χ4n) is 13.3. The first-order valence-corrected chi connectivity index (χ1v) is 29.8. The average Bonchev–Trinajstić information content (AvgIpc) is 1.77. The Morgan fingerprint density at radius 2 is 0.545 bits per heavy atom. The molecular weight excluding hydrogens is 1070 g/mol. The highest BCUT2D eigenvalue weighted by molar-refractivity contribution is 6.14. The molecule has 0 spiro atoms. The minimum atomic E-state index is 0.565. The molecule has 4 heterocycles. The molecule has 0 aliphatic carbocycles. The van der Waals surface area contributed by atoms with E-state index in [1.165, 1.54) is 5.39 Å². The highest BCUT2D eigenvalue weighted by atomic mass is 15.2. The van der Waals surface area contributed by atoms with Crippen LogP contribution in [0, 0.1) is 0 Å². The van der Waals surface area contributed by atoms with Crippen molar-refractivity contribution in [3.05, 3.63) is 328 Å². The van der Waals surface area contributed by atoms with Gasteiger partial charge in [-0.25, -0.2) is 4.98 Å². The van der Waals surface area contributed by atoms with Gasteiger partial charge in [-0.3, -0.25) is 9.13 Å². The van der Waals surface area contributed by atoms with Gasteiger partial charge in [0.15, 0.2) is 5.82 Å². The van der Waals surface area contributed by atoms with Crippen molar-refractivity contribution in [3.8, 4) is 17.5 Å². The molecule has 0 saturated heterocycles. The monoisotopic (exact) mass is 1130 g/mol. The van der Waals surface area contributed by atoms with E-state index in [-0.39, 0.29) is 0 Å². The van der Waals surface area contributed by atoms with Crippen LogP contribution in [0.4, 0.5) is 51.2 Å². The van der Waals surface area contributed by atoms with E-state index in [0.717, 1.165) is 134 Å². The smallest absolute Gasteiger partial charge is 0.237 e. The summed E-state index contributed by atoms with van der Waals surface area (Å²) in [5.41, 5.74) is 17.6. The number of aromatic nitrogens is 5. The van der Waals surface area contributed by atoms with Crippen molar-refractivity contribution in [2.45, 2.75) is 0 Å². The zero-order chi connectivity index (χ0) is 58.1. The molecule has 4 aromatic heterocycles. The maximum Gasteiger partial charge on any atom is 0.237 e. The second-order valence-corrected chi connectivity index (χ2v) is 22.2. The summed E-state index contributed by atoms with van der Waals surface area (Å²) in [5, 5.41) is 7.68. The van der Waals surface area contributed by atoms with Crippen molar-refractivity contribution >= 4 is 128 Å². The molecule has 0 saturated carbocycles. The van der Waals surface area contributed by atoms with Crippen molar-refractivity contribution in [1.82, 2.24) is 23.7 Å². The summed E-state index contributed by atoms with van der Waals surface area (Å²) >= 11 is 0. The third-order valence-corrected chi connectivity index (χ3v) is 17.1. The van der Waals surface area contributed by atoms with E-state index in [2.05, 4.69) is 356 Å². The maximum absolute atomic E-state index is 5.96. The number of hydrogen-bond donors (Lipinski definition) is 0. The molecule has 0 unspecified atom stereocenters. The van der Waals surface area contributed by atoms with E-state index in [1.54, 1.807) is 0 Å². The average molecular weight is 1130 g/mol. The molecule has 0 radical (unpaired) electrons. The third kappa shape index (κ3) is 8.37. The van der Waals surface area contributed by atoms with Crippen LogP contribution in [-0.4, -0.2) is 23.7 Å². The summed E-state index contributed by atoms with van der Waals surface area (Å²) in [5.74, 6) is 1.33. The van der Waals surface area contributed by atoms with Gasteiger partial charge in [-0.2, -0.15) is 4.98 Å². The van der Waals surface area contributed by atoms with E-state index in [9.17, 15) is 0 Å². The molecule has 88 heavy (non-hydrogen) atoms. The van der Waals surface area contributed by atoms with Crippen molar-refractivity contribution in [2.24, 2.45) is 0 Å². The Labute approximate surface area is 508 Å². The number of fused-ring (bicyclic) bond motifs is 10. The van der Waals surface area contributed by atoms with E-state index in [0.29, 0.717) is 5.95 Å². The zero-order valence-electron chi connectivity index (χ0n) is 47.8. The van der Waals surface area contributed by atoms with Crippen molar-refractivity contribution in [2.75, 3.05) is 14.7 Å². The predicted octanol–water partition coefficient (Wildman–Crippen LogP) is 21.3. The van der Waals surface area contributed by atoms with Gasteiger partial charge in [0.2, 0.25) is 5.95 Å². The van der Waals surface area contributed by atoms with Crippen LogP contribution in [0.3, 0.4) is 0 Å². The van der Waals surface area contributed by atoms with Gasteiger partial charge in [-0.1, -0.05) is 176 Å². The van der Waals surface area contributed by atoms with Gasteiger partial charge < -0.3 is 19.3 Å². The topological polar surface area (TPSA) is 50.3 Å². The SMILES string of the molecule is c1ccc(N(c2ccccc2)c2ccc3c(c2)c2ccccc2n3-c2nc(-n3c4ccccc4c4ccc(N(c5ccccc5)c5ccccc5)cc43)nc3ccc(-n4c5ccccc5c5ccc(N(c6ccccc6)c6ccccc6)cc54)cc23)cc1. The molecule has 17 rings (SSSR count). The van der Waals surface area contributed by atoms with Gasteiger partial charge in [0.25, 0.3) is 0 Å². The van der Waals surface area contributed by atoms with Crippen molar-refractivity contribution < 1.29 is 0 Å². The van der Waals surface area contributed by atoms with Crippen LogP contribution in [0.15, 0.2) is 328 Å². The minimum Gasteiger partial charge on any atom is -0.310 e. The van der Waals surface area contributed by atoms with Crippen LogP contribution in [0.5, 0.6) is 0 Å². The highest BCUT2D eigenvalue weighted by Crippen LogP contribution is 2.45. The number of benzene rings is 13. The predicted molar refractivity (Wildman–Crippen MR) is 367 cm³/mol. The molecule has 0 amide bonds. The largest absolute Gasteiger partial charge is 0.310 e. The van der Waals surface area contributed by atoms with Gasteiger partial charge in [0.1, 0.15) is 0 Å². The van der Waals surface area contributed by atoms with Gasteiger partial charge in [-0.05, 0) is 152 Å². The van der Waals surface area contributed by atoms with Crippen LogP contribution in [0.2, 0.25) is 0 Å². The number of hydrogen-bond acceptors (Lipinski definition) is 5. The van der Waals surface area contributed by atoms with Crippen LogP contribution in [0.1, 0.15) is 0 Å². The fourth-order valence-corrected chi connectivity index (χ4v) is 13.3. The Bertz CT molecular complexity index is 5330. The lowest BCUT2D eigenvalue weighted by atomic mass is 10.1. The van der Waals surface area contributed by atoms with E-state index < -0.39 is 0 Å². The Kier molecular flexibility index (Phi) is 12.0. The van der Waals surface area contributed by atoms with E-state index >= 15 is 0 Å². The summed E-state index contributed by atoms with van der Waals surface area (Å²) in [7, 11) is 0. The summed E-state index contributed by atoms with van der Waals surface area (Å²) in [4.78, 5) is 18.6. The summed E-state index contributed by atoms with van der Waals surface area (Å²) in [6.45, 7) is 0. The van der Waals surface area contributed by atoms with Gasteiger partial charge in [0, 0.05) is 94.6 Å². The zero-order valence-corrected chi connectivity index (χ0v) is 47.8. The first-order valence-electron chi connectivity index (χ1n) is 29.8. The molecule has 0 atom stereocenters. The van der Waals surface area contributed by atoms with Gasteiger partial charge in [-0.15, -0.1) is 0 Å². The van der Waals surface area contributed by atoms with Crippen LogP contribution in [-0.2, 0) is 0 Å². The molecule has 0 N–H and O–H groups in total. The molecule has 13 aromatic carbocycles. The van der Waals surface area contributed by atoms with Crippen LogP contribution >= 0.6 is 0 Å². The second-order valence-electron chi connectivity index (χ2n) is 22.2. The lowest BCUT2D eigenvalue weighted by Gasteiger charge is -2.25. The molecule has 8 heteroatoms. The molecule has 0 fully saturated rings. The van der Waals surface area contributed by atoms with Gasteiger partial charge >= 0.3 is 0 Å². The number of anilines is 9. The first kappa shape index (κ1) is 50.5. The Hall–Kier alpha value is -12.0. The fraction of sp³-hybridized carbons (Fsp3) is 0. The summed E-state index contributed by atoms with van der Waals surface area (Å²) < 4.78 is 7.05. The maximum atomic E-state index is 5.96. The lowest BCUT2D eigenvalue weighted by molar-refractivity contribution is 0.971. The summed E-state index contributed by atoms with van der Waals surface area (Å²) in [6.07, 6.45) is 0. The standard InChI is InChI=1S/C80H54N8/c1-7-25-55(26-8-1)83(56-27-9-2-10-28-56)61-46-50-76-70(51-61)67-39-21-23-41-74(67)87(76)79-71-52-62(86-73-40-22-19-37-65(73)68-47-43-63(53-77(68)86)84(57-29-11-3-12-30-57)58-31-13-4-14-32-58)45-49-72(71)81-80(82-79)88-75-42-24-20-38-66(75)69-48-44-64(54-78(69)88)85(59-33-15-5-16-34-59)60-35-17-6-18-36-60/h1-54H. The normalized spacial score (nSPS) is 11.6. The Morgan fingerprint density at radius 3 is 1.00 bits per heavy atom. The van der Waals surface area contributed by atoms with Crippen molar-refractivity contribution in [1.29, 1.82) is 0 Å². The summed E-state index contributed by atoms with van der Waals surface area (Å²) in [6, 6.07) is 117. The highest BCUT2D eigenvalue weighted by Gasteiger charge is 2.25. The van der Waals surface area contributed by atoms with Gasteiger partial charge in [0.05, 0.1) is 38.6 Å². The Balaban J connectivity index is 0.936. The van der Waals surface area contributed by atoms with Crippen LogP contribution < -0.4 is 14.7 Å². The Morgan fingerprint density at radius 1 is 0.205 bits per heavy atom. The molecule has 0 aliphatic heterocycles. The molecule has 8 nitrogen and oxygen atoms in total.